The van der Waals surface area contributed by atoms with Crippen LogP contribution in [0.25, 0.3) is 0 Å². The molecule has 2 heterocycles. The van der Waals surface area contributed by atoms with E-state index in [1.54, 1.807) is 12.5 Å². The van der Waals surface area contributed by atoms with E-state index in [0.717, 1.165) is 18.4 Å². The number of nitrogens with zero attached hydrogens (tertiary/aromatic N) is 1. The summed E-state index contributed by atoms with van der Waals surface area (Å²) < 4.78 is 5.16. The van der Waals surface area contributed by atoms with Gasteiger partial charge in [-0.2, -0.15) is 0 Å². The Labute approximate surface area is 106 Å². The lowest BCUT2D eigenvalue weighted by Gasteiger charge is -2.30. The fourth-order valence-corrected chi connectivity index (χ4v) is 2.87. The van der Waals surface area contributed by atoms with Gasteiger partial charge in [0.15, 0.2) is 0 Å². The Morgan fingerprint density at radius 1 is 1.44 bits per heavy atom. The summed E-state index contributed by atoms with van der Waals surface area (Å²) in [5.74, 6) is 6.05. The van der Waals surface area contributed by atoms with E-state index in [4.69, 9.17) is 10.3 Å². The molecule has 0 bridgehead atoms. The number of fused-ring (bicyclic) bond motifs is 1. The highest BCUT2D eigenvalue weighted by atomic mass is 16.3. The predicted molar refractivity (Wildman–Crippen MR) is 68.7 cm³/mol. The highest BCUT2D eigenvalue weighted by Gasteiger charge is 2.29. The van der Waals surface area contributed by atoms with Crippen LogP contribution < -0.4 is 11.3 Å². The zero-order chi connectivity index (χ0) is 12.4. The number of hydrazine groups is 1. The Morgan fingerprint density at radius 3 is 3.17 bits per heavy atom. The van der Waals surface area contributed by atoms with Crippen molar-refractivity contribution in [2.45, 2.75) is 31.2 Å². The summed E-state index contributed by atoms with van der Waals surface area (Å²) in [6, 6.07) is 6.20. The number of aromatic nitrogens is 1. The largest absolute Gasteiger partial charge is 0.472 e. The monoisotopic (exact) mass is 243 g/mol. The maximum Gasteiger partial charge on any atom is 0.0951 e. The second-order valence-corrected chi connectivity index (χ2v) is 4.75. The second-order valence-electron chi connectivity index (χ2n) is 4.75. The molecule has 4 heteroatoms. The quantitative estimate of drug-likeness (QED) is 0.641. The molecule has 0 amide bonds. The molecule has 2 unspecified atom stereocenters. The molecule has 18 heavy (non-hydrogen) atoms. The van der Waals surface area contributed by atoms with Crippen LogP contribution in [0.3, 0.4) is 0 Å². The third kappa shape index (κ3) is 1.94. The summed E-state index contributed by atoms with van der Waals surface area (Å²) >= 11 is 0. The average molecular weight is 243 g/mol. The highest BCUT2D eigenvalue weighted by molar-refractivity contribution is 5.30. The SMILES string of the molecule is NNC(c1ccoc1)C1CCCc2cccnc21. The van der Waals surface area contributed by atoms with Gasteiger partial charge in [-0.25, -0.2) is 0 Å². The molecule has 3 N–H and O–H groups in total. The first-order chi connectivity index (χ1) is 8.90. The van der Waals surface area contributed by atoms with Crippen LogP contribution in [0, 0.1) is 0 Å². The molecule has 0 radical (unpaired) electrons. The van der Waals surface area contributed by atoms with Crippen LogP contribution in [0.4, 0.5) is 0 Å². The van der Waals surface area contributed by atoms with Crippen LogP contribution in [0.2, 0.25) is 0 Å². The van der Waals surface area contributed by atoms with Crippen LogP contribution in [0.15, 0.2) is 41.3 Å². The zero-order valence-corrected chi connectivity index (χ0v) is 10.2. The molecule has 4 nitrogen and oxygen atoms in total. The Kier molecular flexibility index (Phi) is 3.13. The van der Waals surface area contributed by atoms with Crippen LogP contribution in [-0.2, 0) is 6.42 Å². The third-order valence-electron chi connectivity index (χ3n) is 3.72. The second kappa shape index (κ2) is 4.92. The van der Waals surface area contributed by atoms with Crippen molar-refractivity contribution in [3.05, 3.63) is 53.7 Å². The van der Waals surface area contributed by atoms with Crippen molar-refractivity contribution in [2.75, 3.05) is 0 Å². The number of hydrogen-bond donors (Lipinski definition) is 2. The molecule has 2 aromatic rings. The third-order valence-corrected chi connectivity index (χ3v) is 3.72. The lowest BCUT2D eigenvalue weighted by atomic mass is 9.80. The van der Waals surface area contributed by atoms with Gasteiger partial charge in [-0.3, -0.25) is 16.3 Å². The summed E-state index contributed by atoms with van der Waals surface area (Å²) in [5.41, 5.74) is 6.52. The normalized spacial score (nSPS) is 20.4. The first kappa shape index (κ1) is 11.4. The minimum Gasteiger partial charge on any atom is -0.472 e. The molecule has 2 atom stereocenters. The van der Waals surface area contributed by atoms with Crippen molar-refractivity contribution < 1.29 is 4.42 Å². The minimum absolute atomic E-state index is 0.0673. The number of nitrogens with one attached hydrogen (secondary N) is 1. The van der Waals surface area contributed by atoms with Gasteiger partial charge in [-0.15, -0.1) is 0 Å². The van der Waals surface area contributed by atoms with E-state index in [1.807, 2.05) is 18.3 Å². The van der Waals surface area contributed by atoms with Gasteiger partial charge >= 0.3 is 0 Å². The molecular weight excluding hydrogens is 226 g/mol. The lowest BCUT2D eigenvalue weighted by Crippen LogP contribution is -2.34. The Balaban J connectivity index is 1.97. The maximum atomic E-state index is 5.73. The van der Waals surface area contributed by atoms with Crippen LogP contribution in [0.5, 0.6) is 0 Å². The fraction of sp³-hybridized carbons (Fsp3) is 0.357. The Bertz CT molecular complexity index is 510. The van der Waals surface area contributed by atoms with Gasteiger partial charge in [-0.1, -0.05) is 6.07 Å². The van der Waals surface area contributed by atoms with E-state index in [2.05, 4.69) is 16.5 Å². The number of rotatable bonds is 3. The van der Waals surface area contributed by atoms with Crippen molar-refractivity contribution >= 4 is 0 Å². The molecule has 1 aliphatic carbocycles. The summed E-state index contributed by atoms with van der Waals surface area (Å²) in [4.78, 5) is 4.55. The van der Waals surface area contributed by atoms with Gasteiger partial charge in [0.05, 0.1) is 18.6 Å². The minimum atomic E-state index is 0.0673. The Hall–Kier alpha value is -1.65. The molecule has 1 aliphatic rings. The first-order valence-electron chi connectivity index (χ1n) is 6.32. The summed E-state index contributed by atoms with van der Waals surface area (Å²) in [5, 5.41) is 0. The molecule has 0 saturated heterocycles. The zero-order valence-electron chi connectivity index (χ0n) is 10.2. The van der Waals surface area contributed by atoms with E-state index in [0.29, 0.717) is 5.92 Å². The maximum absolute atomic E-state index is 5.73. The van der Waals surface area contributed by atoms with Gasteiger partial charge in [0.25, 0.3) is 0 Å². The summed E-state index contributed by atoms with van der Waals surface area (Å²) in [6.45, 7) is 0. The van der Waals surface area contributed by atoms with Gasteiger partial charge in [0.1, 0.15) is 0 Å². The van der Waals surface area contributed by atoms with Gasteiger partial charge in [0.2, 0.25) is 0 Å². The van der Waals surface area contributed by atoms with E-state index in [1.165, 1.54) is 17.7 Å². The van der Waals surface area contributed by atoms with Crippen LogP contribution in [0.1, 0.15) is 41.6 Å². The van der Waals surface area contributed by atoms with Crippen molar-refractivity contribution in [3.8, 4) is 0 Å². The summed E-state index contributed by atoms with van der Waals surface area (Å²) in [6.07, 6.45) is 8.69. The molecule has 2 aromatic heterocycles. The van der Waals surface area contributed by atoms with Crippen molar-refractivity contribution in [1.82, 2.24) is 10.4 Å². The van der Waals surface area contributed by atoms with E-state index in [-0.39, 0.29) is 6.04 Å². The molecule has 94 valence electrons. The molecule has 0 saturated carbocycles. The number of aryl methyl sites for hydroxylation is 1. The van der Waals surface area contributed by atoms with Crippen LogP contribution in [-0.4, -0.2) is 4.98 Å². The van der Waals surface area contributed by atoms with E-state index < -0.39 is 0 Å². The standard InChI is InChI=1S/C14H17N3O/c15-17-14(11-6-8-18-9-11)12-5-1-3-10-4-2-7-16-13(10)12/h2,4,6-9,12,14,17H,1,3,5,15H2. The lowest BCUT2D eigenvalue weighted by molar-refractivity contribution is 0.396. The van der Waals surface area contributed by atoms with E-state index >= 15 is 0 Å². The average Bonchev–Trinajstić information content (AvgIpc) is 2.94. The smallest absolute Gasteiger partial charge is 0.0951 e. The van der Waals surface area contributed by atoms with Gasteiger partial charge < -0.3 is 4.42 Å². The molecule has 0 aromatic carbocycles. The number of furan rings is 1. The Morgan fingerprint density at radius 2 is 2.39 bits per heavy atom. The van der Waals surface area contributed by atoms with Crippen molar-refractivity contribution in [2.24, 2.45) is 5.84 Å². The van der Waals surface area contributed by atoms with Crippen molar-refractivity contribution in [3.63, 3.8) is 0 Å². The molecule has 0 aliphatic heterocycles. The number of pyridine rings is 1. The first-order valence-corrected chi connectivity index (χ1v) is 6.32. The molecule has 3 rings (SSSR count). The molecular formula is C14H17N3O. The topological polar surface area (TPSA) is 64.1 Å². The number of hydrogen-bond acceptors (Lipinski definition) is 4. The van der Waals surface area contributed by atoms with Gasteiger partial charge in [-0.05, 0) is 37.0 Å². The van der Waals surface area contributed by atoms with Gasteiger partial charge in [0, 0.05) is 23.4 Å². The summed E-state index contributed by atoms with van der Waals surface area (Å²) in [7, 11) is 0. The van der Waals surface area contributed by atoms with Crippen molar-refractivity contribution in [1.29, 1.82) is 0 Å². The predicted octanol–water partition coefficient (Wildman–Crippen LogP) is 2.30. The fourth-order valence-electron chi connectivity index (χ4n) is 2.87. The molecule has 0 spiro atoms. The molecule has 0 fully saturated rings. The highest BCUT2D eigenvalue weighted by Crippen LogP contribution is 2.38. The van der Waals surface area contributed by atoms with E-state index in [9.17, 15) is 0 Å². The number of nitrogens with two attached hydrogens (primary N) is 1. The van der Waals surface area contributed by atoms with Crippen LogP contribution >= 0.6 is 0 Å².